The molecule has 0 atom stereocenters. The van der Waals surface area contributed by atoms with Crippen LogP contribution in [0.15, 0.2) is 59.6 Å². The quantitative estimate of drug-likeness (QED) is 0.453. The van der Waals surface area contributed by atoms with E-state index < -0.39 is 0 Å². The maximum absolute atomic E-state index is 12.2. The number of allylic oxidation sites excluding steroid dienone is 1. The molecule has 0 aliphatic heterocycles. The van der Waals surface area contributed by atoms with Crippen LogP contribution >= 0.6 is 15.9 Å². The van der Waals surface area contributed by atoms with Crippen LogP contribution in [0.1, 0.15) is 41.0 Å². The molecule has 0 unspecified atom stereocenters. The molecule has 1 N–H and O–H groups in total. The topological polar surface area (TPSA) is 46.9 Å². The fraction of sp³-hybridized carbons (Fsp3) is 0.304. The van der Waals surface area contributed by atoms with Gasteiger partial charge in [-0.05, 0) is 43.5 Å². The molecule has 0 bridgehead atoms. The first kappa shape index (κ1) is 20.3. The van der Waals surface area contributed by atoms with Gasteiger partial charge in [-0.2, -0.15) is 0 Å². The van der Waals surface area contributed by atoms with Crippen molar-refractivity contribution in [2.45, 2.75) is 39.2 Å². The Hall–Kier alpha value is -2.40. The van der Waals surface area contributed by atoms with Crippen molar-refractivity contribution in [3.05, 3.63) is 76.5 Å². The summed E-state index contributed by atoms with van der Waals surface area (Å²) in [5, 5.41) is 3.02. The molecule has 5 heteroatoms. The van der Waals surface area contributed by atoms with Gasteiger partial charge in [0.2, 0.25) is 0 Å². The Balaban J connectivity index is 1.48. The summed E-state index contributed by atoms with van der Waals surface area (Å²) >= 11 is 3.47. The number of imidazole rings is 1. The lowest BCUT2D eigenvalue weighted by Crippen LogP contribution is -2.25. The third-order valence-corrected chi connectivity index (χ3v) is 5.07. The van der Waals surface area contributed by atoms with E-state index in [0.29, 0.717) is 6.54 Å². The largest absolute Gasteiger partial charge is 0.352 e. The number of carbonyl (C=O) groups excluding carboxylic acids is 1. The first-order valence-electron chi connectivity index (χ1n) is 9.67. The lowest BCUT2D eigenvalue weighted by Gasteiger charge is -2.09. The van der Waals surface area contributed by atoms with Crippen molar-refractivity contribution in [2.24, 2.45) is 0 Å². The lowest BCUT2D eigenvalue weighted by atomic mass is 10.1. The Kier molecular flexibility index (Phi) is 7.04. The second-order valence-corrected chi connectivity index (χ2v) is 8.12. The lowest BCUT2D eigenvalue weighted by molar-refractivity contribution is 0.0952. The fourth-order valence-electron chi connectivity index (χ4n) is 3.37. The number of aromatic nitrogens is 2. The molecule has 0 fully saturated rings. The first-order valence-corrected chi connectivity index (χ1v) is 10.5. The Morgan fingerprint density at radius 3 is 2.64 bits per heavy atom. The van der Waals surface area contributed by atoms with Gasteiger partial charge in [0, 0.05) is 23.0 Å². The standard InChI is InChI=1S/C23H26BrN3O/c1-17-10-5-6-11-19(17)23(28)25-15-9-3-4-14-22-26-20-12-7-8-13-21(20)27(22)16-18(2)24/h5-8,10-13H,2-4,9,14-16H2,1H3,(H,25,28). The number of hydrogen-bond donors (Lipinski definition) is 1. The number of rotatable bonds is 9. The number of nitrogens with one attached hydrogen (secondary N) is 1. The van der Waals surface area contributed by atoms with Gasteiger partial charge in [0.05, 0.1) is 17.6 Å². The van der Waals surface area contributed by atoms with Crippen LogP contribution in [0.4, 0.5) is 0 Å². The smallest absolute Gasteiger partial charge is 0.251 e. The number of aryl methyl sites for hydroxylation is 2. The highest BCUT2D eigenvalue weighted by atomic mass is 79.9. The summed E-state index contributed by atoms with van der Waals surface area (Å²) in [6.07, 6.45) is 3.97. The van der Waals surface area contributed by atoms with E-state index >= 15 is 0 Å². The van der Waals surface area contributed by atoms with Crippen LogP contribution in [0.5, 0.6) is 0 Å². The summed E-state index contributed by atoms with van der Waals surface area (Å²) in [5.41, 5.74) is 3.93. The van der Waals surface area contributed by atoms with Crippen LogP contribution in [0.2, 0.25) is 0 Å². The highest BCUT2D eigenvalue weighted by Crippen LogP contribution is 2.20. The Morgan fingerprint density at radius 1 is 1.11 bits per heavy atom. The number of fused-ring (bicyclic) bond motifs is 1. The molecule has 0 saturated heterocycles. The van der Waals surface area contributed by atoms with E-state index in [-0.39, 0.29) is 5.91 Å². The number of halogens is 1. The summed E-state index contributed by atoms with van der Waals surface area (Å²) < 4.78 is 3.17. The number of amides is 1. The van der Waals surface area contributed by atoms with E-state index in [9.17, 15) is 4.79 Å². The number of unbranched alkanes of at least 4 members (excludes halogenated alkanes) is 2. The zero-order chi connectivity index (χ0) is 19.9. The third kappa shape index (κ3) is 5.10. The number of benzene rings is 2. The number of nitrogens with zero attached hydrogens (tertiary/aromatic N) is 2. The molecule has 0 aliphatic rings. The van der Waals surface area contributed by atoms with E-state index in [1.54, 1.807) is 0 Å². The van der Waals surface area contributed by atoms with Gasteiger partial charge in [-0.25, -0.2) is 4.98 Å². The molecule has 3 rings (SSSR count). The maximum atomic E-state index is 12.2. The minimum Gasteiger partial charge on any atom is -0.352 e. The monoisotopic (exact) mass is 439 g/mol. The van der Waals surface area contributed by atoms with Gasteiger partial charge in [-0.3, -0.25) is 4.79 Å². The summed E-state index contributed by atoms with van der Waals surface area (Å²) in [7, 11) is 0. The van der Waals surface area contributed by atoms with E-state index in [1.165, 1.54) is 0 Å². The van der Waals surface area contributed by atoms with Crippen molar-refractivity contribution in [1.82, 2.24) is 14.9 Å². The zero-order valence-electron chi connectivity index (χ0n) is 16.2. The van der Waals surface area contributed by atoms with Crippen molar-refractivity contribution in [1.29, 1.82) is 0 Å². The van der Waals surface area contributed by atoms with E-state index in [2.05, 4.69) is 38.5 Å². The van der Waals surface area contributed by atoms with Gasteiger partial charge in [-0.1, -0.05) is 59.3 Å². The Morgan fingerprint density at radius 2 is 1.86 bits per heavy atom. The van der Waals surface area contributed by atoms with Gasteiger partial charge in [-0.15, -0.1) is 0 Å². The van der Waals surface area contributed by atoms with E-state index in [1.807, 2.05) is 49.4 Å². The average molecular weight is 440 g/mol. The fourth-order valence-corrected chi connectivity index (χ4v) is 3.62. The molecule has 0 aliphatic carbocycles. The average Bonchev–Trinajstić information content (AvgIpc) is 3.01. The van der Waals surface area contributed by atoms with Crippen molar-refractivity contribution in [2.75, 3.05) is 6.54 Å². The van der Waals surface area contributed by atoms with Crippen molar-refractivity contribution >= 4 is 32.9 Å². The number of carbonyl (C=O) groups is 1. The van der Waals surface area contributed by atoms with Crippen LogP contribution in [0.3, 0.4) is 0 Å². The van der Waals surface area contributed by atoms with Crippen LogP contribution < -0.4 is 5.32 Å². The Bertz CT molecular complexity index is 977. The molecule has 146 valence electrons. The molecule has 1 aromatic heterocycles. The van der Waals surface area contributed by atoms with Gasteiger partial charge in [0.1, 0.15) is 5.82 Å². The number of para-hydroxylation sites is 2. The molecule has 2 aromatic carbocycles. The van der Waals surface area contributed by atoms with Crippen LogP contribution in [0, 0.1) is 6.92 Å². The number of hydrogen-bond acceptors (Lipinski definition) is 2. The normalized spacial score (nSPS) is 10.9. The maximum Gasteiger partial charge on any atom is 0.251 e. The van der Waals surface area contributed by atoms with E-state index in [4.69, 9.17) is 4.98 Å². The molecule has 3 aromatic rings. The first-order chi connectivity index (χ1) is 13.6. The summed E-state index contributed by atoms with van der Waals surface area (Å²) in [6.45, 7) is 7.36. The van der Waals surface area contributed by atoms with Crippen molar-refractivity contribution in [3.8, 4) is 0 Å². The molecular formula is C23H26BrN3O. The van der Waals surface area contributed by atoms with Crippen LogP contribution in [-0.2, 0) is 13.0 Å². The zero-order valence-corrected chi connectivity index (χ0v) is 17.8. The molecule has 28 heavy (non-hydrogen) atoms. The molecule has 1 heterocycles. The molecule has 4 nitrogen and oxygen atoms in total. The molecule has 0 saturated carbocycles. The summed E-state index contributed by atoms with van der Waals surface area (Å²) in [5.74, 6) is 1.10. The third-order valence-electron chi connectivity index (χ3n) is 4.82. The highest BCUT2D eigenvalue weighted by molar-refractivity contribution is 9.11. The second-order valence-electron chi connectivity index (χ2n) is 7.00. The van der Waals surface area contributed by atoms with Crippen molar-refractivity contribution in [3.63, 3.8) is 0 Å². The van der Waals surface area contributed by atoms with Gasteiger partial charge >= 0.3 is 0 Å². The Labute approximate surface area is 174 Å². The van der Waals surface area contributed by atoms with E-state index in [0.717, 1.165) is 64.7 Å². The van der Waals surface area contributed by atoms with Crippen LogP contribution in [0.25, 0.3) is 11.0 Å². The van der Waals surface area contributed by atoms with Gasteiger partial charge in [0.25, 0.3) is 5.91 Å². The van der Waals surface area contributed by atoms with Gasteiger partial charge in [0.15, 0.2) is 0 Å². The predicted octanol–water partition coefficient (Wildman–Crippen LogP) is 5.40. The second kappa shape index (κ2) is 9.69. The SMILES string of the molecule is C=C(Br)Cn1c(CCCCCNC(=O)c2ccccc2C)nc2ccccc21. The predicted molar refractivity (Wildman–Crippen MR) is 119 cm³/mol. The van der Waals surface area contributed by atoms with Crippen LogP contribution in [-0.4, -0.2) is 22.0 Å². The molecular weight excluding hydrogens is 414 g/mol. The highest BCUT2D eigenvalue weighted by Gasteiger charge is 2.11. The summed E-state index contributed by atoms with van der Waals surface area (Å²) in [4.78, 5) is 17.0. The molecule has 0 spiro atoms. The molecule has 1 amide bonds. The minimum atomic E-state index is 0.00993. The van der Waals surface area contributed by atoms with Crippen molar-refractivity contribution < 1.29 is 4.79 Å². The van der Waals surface area contributed by atoms with Gasteiger partial charge < -0.3 is 9.88 Å². The minimum absolute atomic E-state index is 0.00993. The summed E-state index contributed by atoms with van der Waals surface area (Å²) in [6, 6.07) is 15.9. The molecule has 0 radical (unpaired) electrons.